The van der Waals surface area contributed by atoms with Gasteiger partial charge in [-0.2, -0.15) is 0 Å². The molecule has 3 nitrogen and oxygen atoms in total. The summed E-state index contributed by atoms with van der Waals surface area (Å²) in [6.07, 6.45) is 2.18. The zero-order chi connectivity index (χ0) is 12.3. The van der Waals surface area contributed by atoms with Crippen molar-refractivity contribution in [2.45, 2.75) is 45.0 Å². The average molecular weight is 236 g/mol. The molecule has 0 spiro atoms. The van der Waals surface area contributed by atoms with Crippen LogP contribution >= 0.6 is 0 Å². The Balaban J connectivity index is 1.94. The quantitative estimate of drug-likeness (QED) is 0.873. The van der Waals surface area contributed by atoms with Crippen molar-refractivity contribution in [3.63, 3.8) is 0 Å². The van der Waals surface area contributed by atoms with Gasteiger partial charge in [-0.05, 0) is 32.8 Å². The number of hydrogen-bond acceptors (Lipinski definition) is 3. The maximum absolute atomic E-state index is 9.63. The second kappa shape index (κ2) is 5.52. The van der Waals surface area contributed by atoms with Crippen LogP contribution in [0.25, 0.3) is 0 Å². The normalized spacial score (nSPS) is 25.8. The van der Waals surface area contributed by atoms with Gasteiger partial charge < -0.3 is 14.6 Å². The van der Waals surface area contributed by atoms with Crippen molar-refractivity contribution in [3.05, 3.63) is 29.8 Å². The van der Waals surface area contributed by atoms with Crippen molar-refractivity contribution in [1.82, 2.24) is 0 Å². The first-order valence-corrected chi connectivity index (χ1v) is 6.22. The predicted octanol–water partition coefficient (Wildman–Crippen LogP) is 2.69. The van der Waals surface area contributed by atoms with E-state index in [4.69, 9.17) is 9.47 Å². The minimum absolute atomic E-state index is 0.187. The number of rotatable bonds is 4. The van der Waals surface area contributed by atoms with Crippen LogP contribution in [-0.2, 0) is 4.74 Å². The second-order valence-electron chi connectivity index (χ2n) is 4.67. The molecule has 94 valence electrons. The van der Waals surface area contributed by atoms with Gasteiger partial charge in [0.2, 0.25) is 0 Å². The molecule has 0 amide bonds. The van der Waals surface area contributed by atoms with E-state index in [0.29, 0.717) is 12.7 Å². The maximum atomic E-state index is 9.63. The molecule has 1 heterocycles. The molecule has 3 atom stereocenters. The van der Waals surface area contributed by atoms with E-state index in [9.17, 15) is 5.11 Å². The largest absolute Gasteiger partial charge is 0.490 e. The van der Waals surface area contributed by atoms with Gasteiger partial charge in [-0.3, -0.25) is 0 Å². The fourth-order valence-corrected chi connectivity index (χ4v) is 2.15. The third-order valence-corrected chi connectivity index (χ3v) is 3.11. The van der Waals surface area contributed by atoms with Gasteiger partial charge in [-0.15, -0.1) is 0 Å². The van der Waals surface area contributed by atoms with Crippen molar-refractivity contribution in [2.75, 3.05) is 6.61 Å². The molecular formula is C14H20O3. The molecule has 1 aromatic rings. The van der Waals surface area contributed by atoms with Crippen LogP contribution in [-0.4, -0.2) is 23.9 Å². The maximum Gasteiger partial charge on any atom is 0.125 e. The van der Waals surface area contributed by atoms with Crippen LogP contribution in [0.15, 0.2) is 24.3 Å². The van der Waals surface area contributed by atoms with Gasteiger partial charge in [0, 0.05) is 5.56 Å². The summed E-state index contributed by atoms with van der Waals surface area (Å²) in [4.78, 5) is 0. The lowest BCUT2D eigenvalue weighted by Gasteiger charge is -2.16. The van der Waals surface area contributed by atoms with E-state index >= 15 is 0 Å². The van der Waals surface area contributed by atoms with Gasteiger partial charge >= 0.3 is 0 Å². The molecule has 0 saturated carbocycles. The molecule has 2 unspecified atom stereocenters. The molecule has 1 N–H and O–H groups in total. The van der Waals surface area contributed by atoms with E-state index in [2.05, 4.69) is 6.92 Å². The summed E-state index contributed by atoms with van der Waals surface area (Å²) in [6, 6.07) is 7.60. The fraction of sp³-hybridized carbons (Fsp3) is 0.571. The second-order valence-corrected chi connectivity index (χ2v) is 4.67. The van der Waals surface area contributed by atoms with E-state index in [-0.39, 0.29) is 6.10 Å². The summed E-state index contributed by atoms with van der Waals surface area (Å²) in [6.45, 7) is 4.40. The number of aliphatic hydroxyl groups is 1. The van der Waals surface area contributed by atoms with Gasteiger partial charge in [0.25, 0.3) is 0 Å². The van der Waals surface area contributed by atoms with E-state index < -0.39 is 6.10 Å². The van der Waals surface area contributed by atoms with Crippen molar-refractivity contribution in [1.29, 1.82) is 0 Å². The Morgan fingerprint density at radius 1 is 1.41 bits per heavy atom. The molecule has 1 aliphatic heterocycles. The molecule has 0 radical (unpaired) electrons. The zero-order valence-corrected chi connectivity index (χ0v) is 10.4. The summed E-state index contributed by atoms with van der Waals surface area (Å²) in [5.74, 6) is 0.755. The lowest BCUT2D eigenvalue weighted by Crippen LogP contribution is -2.18. The van der Waals surface area contributed by atoms with Crippen molar-refractivity contribution in [2.24, 2.45) is 0 Å². The molecular weight excluding hydrogens is 216 g/mol. The minimum Gasteiger partial charge on any atom is -0.490 e. The Morgan fingerprint density at radius 2 is 2.18 bits per heavy atom. The Bertz CT molecular complexity index is 362. The van der Waals surface area contributed by atoms with E-state index in [1.54, 1.807) is 6.92 Å². The summed E-state index contributed by atoms with van der Waals surface area (Å²) in [5, 5.41) is 9.63. The molecule has 0 aliphatic carbocycles. The van der Waals surface area contributed by atoms with E-state index in [0.717, 1.165) is 24.2 Å². The number of para-hydroxylation sites is 1. The molecule has 3 heteroatoms. The van der Waals surface area contributed by atoms with Crippen LogP contribution in [0.4, 0.5) is 0 Å². The Labute approximate surface area is 102 Å². The van der Waals surface area contributed by atoms with E-state index in [1.165, 1.54) is 0 Å². The third kappa shape index (κ3) is 3.20. The van der Waals surface area contributed by atoms with Gasteiger partial charge in [-0.1, -0.05) is 18.2 Å². The third-order valence-electron chi connectivity index (χ3n) is 3.11. The lowest BCUT2D eigenvalue weighted by atomic mass is 10.1. The van der Waals surface area contributed by atoms with Crippen LogP contribution in [0.1, 0.15) is 38.4 Å². The molecule has 0 bridgehead atoms. The van der Waals surface area contributed by atoms with Gasteiger partial charge in [-0.25, -0.2) is 0 Å². The number of ether oxygens (including phenoxy) is 2. The molecule has 1 aliphatic rings. The van der Waals surface area contributed by atoms with Crippen molar-refractivity contribution >= 4 is 0 Å². The highest BCUT2D eigenvalue weighted by molar-refractivity contribution is 5.34. The number of aliphatic hydroxyl groups excluding tert-OH is 1. The number of hydrogen-bond donors (Lipinski definition) is 1. The minimum atomic E-state index is -0.505. The number of benzene rings is 1. The Hall–Kier alpha value is -1.06. The zero-order valence-electron chi connectivity index (χ0n) is 10.4. The first-order chi connectivity index (χ1) is 8.16. The standard InChI is InChI=1S/C14H20O3/c1-10-7-8-12(17-10)9-16-14-6-4-3-5-13(14)11(2)15/h3-6,10-12,15H,7-9H2,1-2H3/t10?,11-,12?/m0/s1. The van der Waals surface area contributed by atoms with Crippen molar-refractivity contribution < 1.29 is 14.6 Å². The lowest BCUT2D eigenvalue weighted by molar-refractivity contribution is 0.0257. The topological polar surface area (TPSA) is 38.7 Å². The van der Waals surface area contributed by atoms with Crippen molar-refractivity contribution in [3.8, 4) is 5.75 Å². The van der Waals surface area contributed by atoms with Crippen LogP contribution in [0.3, 0.4) is 0 Å². The van der Waals surface area contributed by atoms with Crippen LogP contribution < -0.4 is 4.74 Å². The fourth-order valence-electron chi connectivity index (χ4n) is 2.15. The highest BCUT2D eigenvalue weighted by Gasteiger charge is 2.22. The highest BCUT2D eigenvalue weighted by Crippen LogP contribution is 2.26. The summed E-state index contributed by atoms with van der Waals surface area (Å²) in [7, 11) is 0. The predicted molar refractivity (Wildman–Crippen MR) is 66.1 cm³/mol. The summed E-state index contributed by atoms with van der Waals surface area (Å²) in [5.41, 5.74) is 0.832. The van der Waals surface area contributed by atoms with Crippen LogP contribution in [0.5, 0.6) is 5.75 Å². The molecule has 1 saturated heterocycles. The van der Waals surface area contributed by atoms with Gasteiger partial charge in [0.1, 0.15) is 12.4 Å². The van der Waals surface area contributed by atoms with Crippen LogP contribution in [0, 0.1) is 0 Å². The summed E-state index contributed by atoms with van der Waals surface area (Å²) >= 11 is 0. The molecule has 2 rings (SSSR count). The highest BCUT2D eigenvalue weighted by atomic mass is 16.5. The first-order valence-electron chi connectivity index (χ1n) is 6.22. The first kappa shape index (κ1) is 12.4. The molecule has 17 heavy (non-hydrogen) atoms. The van der Waals surface area contributed by atoms with Gasteiger partial charge in [0.05, 0.1) is 18.3 Å². The molecule has 0 aromatic heterocycles. The monoisotopic (exact) mass is 236 g/mol. The van der Waals surface area contributed by atoms with Crippen LogP contribution in [0.2, 0.25) is 0 Å². The Kier molecular flexibility index (Phi) is 4.02. The SMILES string of the molecule is CC1CCC(COc2ccccc2[C@H](C)O)O1. The average Bonchev–Trinajstić information content (AvgIpc) is 2.73. The van der Waals surface area contributed by atoms with E-state index in [1.807, 2.05) is 24.3 Å². The van der Waals surface area contributed by atoms with Gasteiger partial charge in [0.15, 0.2) is 0 Å². The summed E-state index contributed by atoms with van der Waals surface area (Å²) < 4.78 is 11.4. The molecule has 1 aromatic carbocycles. The smallest absolute Gasteiger partial charge is 0.125 e. The molecule has 1 fully saturated rings. The Morgan fingerprint density at radius 3 is 2.82 bits per heavy atom.